The first-order valence-corrected chi connectivity index (χ1v) is 15.4. The van der Waals surface area contributed by atoms with Gasteiger partial charge in [-0.25, -0.2) is 26.9 Å². The van der Waals surface area contributed by atoms with Crippen LogP contribution < -0.4 is 15.4 Å². The van der Waals surface area contributed by atoms with Gasteiger partial charge in [0.25, 0.3) is 0 Å². The van der Waals surface area contributed by atoms with E-state index in [4.69, 9.17) is 0 Å². The highest BCUT2D eigenvalue weighted by molar-refractivity contribution is 7.89. The topological polar surface area (TPSA) is 103 Å². The number of nitrogens with zero attached hydrogens (tertiary/aromatic N) is 2. The molecule has 0 aliphatic heterocycles. The van der Waals surface area contributed by atoms with E-state index in [2.05, 4.69) is 20.3 Å². The molecular weight excluding hydrogens is 532 g/mol. The first-order chi connectivity index (χ1) is 17.7. The van der Waals surface area contributed by atoms with E-state index < -0.39 is 33.0 Å². The summed E-state index contributed by atoms with van der Waals surface area (Å²) in [6.07, 6.45) is 2.81. The number of halogens is 2. The van der Waals surface area contributed by atoms with Crippen LogP contribution >= 0.6 is 11.3 Å². The molecule has 0 spiro atoms. The third kappa shape index (κ3) is 8.42. The monoisotopic (exact) mass is 571 g/mol. The average molecular weight is 572 g/mol. The highest BCUT2D eigenvalue weighted by Gasteiger charge is 2.29. The molecule has 1 aliphatic carbocycles. The van der Waals surface area contributed by atoms with Crippen molar-refractivity contribution in [2.45, 2.75) is 78.0 Å². The standard InChI is InChI=1S/C26H39F2N5O3S2/c1-15(2)14-38(35,36)32-19-9-7-18(8-10-19)30-26-31-25(29-16(3)4)24(37-26)23(34)22-20(27)11-17(12-21(22)28)13-33(5)6/h11-12,15-16,18-19,29,32H,7-10,13-14H2,1-6H3,(H,30,31). The van der Waals surface area contributed by atoms with E-state index in [1.54, 1.807) is 19.0 Å². The number of thiazole rings is 1. The maximum Gasteiger partial charge on any atom is 0.212 e. The Morgan fingerprint density at radius 2 is 1.66 bits per heavy atom. The number of carbonyl (C=O) groups excluding carboxylic acids is 1. The molecule has 0 amide bonds. The van der Waals surface area contributed by atoms with Gasteiger partial charge in [0.05, 0.1) is 11.3 Å². The van der Waals surface area contributed by atoms with Gasteiger partial charge in [-0.05, 0) is 77.2 Å². The lowest BCUT2D eigenvalue weighted by atomic mass is 9.92. The van der Waals surface area contributed by atoms with Gasteiger partial charge in [-0.1, -0.05) is 25.2 Å². The Balaban J connectivity index is 1.74. The van der Waals surface area contributed by atoms with Crippen LogP contribution in [0.4, 0.5) is 19.7 Å². The highest BCUT2D eigenvalue weighted by Crippen LogP contribution is 2.33. The normalized spacial score (nSPS) is 18.4. The zero-order chi connectivity index (χ0) is 28.2. The average Bonchev–Trinajstić information content (AvgIpc) is 3.14. The number of hydrogen-bond donors (Lipinski definition) is 3. The number of nitrogens with one attached hydrogen (secondary N) is 3. The predicted molar refractivity (Wildman–Crippen MR) is 149 cm³/mol. The first kappa shape index (κ1) is 30.4. The minimum atomic E-state index is -3.31. The summed E-state index contributed by atoms with van der Waals surface area (Å²) in [5.41, 5.74) is -0.153. The second kappa shape index (κ2) is 12.8. The lowest BCUT2D eigenvalue weighted by Crippen LogP contribution is -2.41. The van der Waals surface area contributed by atoms with Crippen LogP contribution in [0.1, 0.15) is 74.2 Å². The number of aromatic nitrogens is 1. The summed E-state index contributed by atoms with van der Waals surface area (Å²) in [6.45, 7) is 7.87. The fourth-order valence-corrected chi connectivity index (χ4v) is 7.26. The second-order valence-corrected chi connectivity index (χ2v) is 13.8. The molecule has 8 nitrogen and oxygen atoms in total. The summed E-state index contributed by atoms with van der Waals surface area (Å²) in [7, 11) is 0.275. The van der Waals surface area contributed by atoms with E-state index >= 15 is 0 Å². The first-order valence-electron chi connectivity index (χ1n) is 12.9. The van der Waals surface area contributed by atoms with Crippen LogP contribution in [0, 0.1) is 17.6 Å². The van der Waals surface area contributed by atoms with E-state index in [-0.39, 0.29) is 40.5 Å². The zero-order valence-electron chi connectivity index (χ0n) is 22.9. The van der Waals surface area contributed by atoms with Gasteiger partial charge in [-0.15, -0.1) is 0 Å². The molecular formula is C26H39F2N5O3S2. The molecule has 1 aliphatic rings. The molecule has 12 heteroatoms. The lowest BCUT2D eigenvalue weighted by molar-refractivity contribution is 0.103. The van der Waals surface area contributed by atoms with Crippen LogP contribution in [0.3, 0.4) is 0 Å². The number of benzene rings is 1. The molecule has 1 heterocycles. The van der Waals surface area contributed by atoms with Crippen LogP contribution in [0.25, 0.3) is 0 Å². The molecule has 0 unspecified atom stereocenters. The predicted octanol–water partition coefficient (Wildman–Crippen LogP) is 4.83. The largest absolute Gasteiger partial charge is 0.367 e. The molecule has 0 radical (unpaired) electrons. The molecule has 1 aromatic carbocycles. The summed E-state index contributed by atoms with van der Waals surface area (Å²) >= 11 is 1.06. The van der Waals surface area contributed by atoms with Crippen molar-refractivity contribution < 1.29 is 22.0 Å². The molecule has 212 valence electrons. The van der Waals surface area contributed by atoms with Crippen molar-refractivity contribution in [3.8, 4) is 0 Å². The van der Waals surface area contributed by atoms with Gasteiger partial charge in [-0.2, -0.15) is 0 Å². The Hall–Kier alpha value is -2.15. The molecule has 0 atom stereocenters. The van der Waals surface area contributed by atoms with Gasteiger partial charge in [-0.3, -0.25) is 4.79 Å². The number of ketones is 1. The number of sulfonamides is 1. The molecule has 0 saturated heterocycles. The van der Waals surface area contributed by atoms with Crippen molar-refractivity contribution in [3.63, 3.8) is 0 Å². The van der Waals surface area contributed by atoms with E-state index in [0.717, 1.165) is 24.2 Å². The van der Waals surface area contributed by atoms with Crippen molar-refractivity contribution in [2.75, 3.05) is 30.5 Å². The SMILES string of the molecule is CC(C)CS(=O)(=O)NC1CCC(Nc2nc(NC(C)C)c(C(=O)c3c(F)cc(CN(C)C)cc3F)s2)CC1. The minimum Gasteiger partial charge on any atom is -0.367 e. The third-order valence-corrected chi connectivity index (χ3v) is 8.82. The smallest absolute Gasteiger partial charge is 0.212 e. The summed E-state index contributed by atoms with van der Waals surface area (Å²) in [4.78, 5) is 19.8. The van der Waals surface area contributed by atoms with Crippen molar-refractivity contribution >= 4 is 38.1 Å². The molecule has 3 N–H and O–H groups in total. The van der Waals surface area contributed by atoms with Crippen LogP contribution in [-0.2, 0) is 16.6 Å². The van der Waals surface area contributed by atoms with Gasteiger partial charge in [0, 0.05) is 24.7 Å². The second-order valence-electron chi connectivity index (χ2n) is 11.0. The Bertz CT molecular complexity index is 1200. The quantitative estimate of drug-likeness (QED) is 0.314. The Morgan fingerprint density at radius 3 is 2.18 bits per heavy atom. The fourth-order valence-electron chi connectivity index (χ4n) is 4.59. The summed E-state index contributed by atoms with van der Waals surface area (Å²) in [5.74, 6) is -2.12. The lowest BCUT2D eigenvalue weighted by Gasteiger charge is -2.29. The minimum absolute atomic E-state index is 0.0423. The zero-order valence-corrected chi connectivity index (χ0v) is 24.5. The van der Waals surface area contributed by atoms with Crippen molar-refractivity contribution in [1.82, 2.24) is 14.6 Å². The van der Waals surface area contributed by atoms with E-state index in [1.807, 2.05) is 27.7 Å². The number of anilines is 2. The van der Waals surface area contributed by atoms with Crippen LogP contribution in [0.2, 0.25) is 0 Å². The van der Waals surface area contributed by atoms with Crippen molar-refractivity contribution in [1.29, 1.82) is 0 Å². The molecule has 2 aromatic rings. The van der Waals surface area contributed by atoms with E-state index in [1.165, 1.54) is 12.1 Å². The Kier molecular flexibility index (Phi) is 10.2. The molecule has 1 aromatic heterocycles. The van der Waals surface area contributed by atoms with E-state index in [9.17, 15) is 22.0 Å². The molecule has 38 heavy (non-hydrogen) atoms. The number of carbonyl (C=O) groups is 1. The van der Waals surface area contributed by atoms with E-state index in [0.29, 0.717) is 30.1 Å². The highest BCUT2D eigenvalue weighted by atomic mass is 32.2. The summed E-state index contributed by atoms with van der Waals surface area (Å²) < 4.78 is 57.2. The fraction of sp³-hybridized carbons (Fsp3) is 0.615. The number of rotatable bonds is 12. The van der Waals surface area contributed by atoms with Gasteiger partial charge in [0.2, 0.25) is 15.8 Å². The molecule has 1 saturated carbocycles. The summed E-state index contributed by atoms with van der Waals surface area (Å²) in [6, 6.07) is 2.27. The Labute approximate surface area is 228 Å². The summed E-state index contributed by atoms with van der Waals surface area (Å²) in [5, 5.41) is 6.94. The van der Waals surface area contributed by atoms with Gasteiger partial charge in [0.1, 0.15) is 16.5 Å². The molecule has 1 fully saturated rings. The van der Waals surface area contributed by atoms with Crippen molar-refractivity contribution in [3.05, 3.63) is 39.8 Å². The van der Waals surface area contributed by atoms with Gasteiger partial charge >= 0.3 is 0 Å². The molecule has 0 bridgehead atoms. The van der Waals surface area contributed by atoms with Gasteiger partial charge < -0.3 is 15.5 Å². The maximum atomic E-state index is 14.9. The Morgan fingerprint density at radius 1 is 1.08 bits per heavy atom. The van der Waals surface area contributed by atoms with Crippen molar-refractivity contribution in [2.24, 2.45) is 5.92 Å². The third-order valence-electron chi connectivity index (χ3n) is 6.04. The number of hydrogen-bond acceptors (Lipinski definition) is 8. The maximum absolute atomic E-state index is 14.9. The molecule has 3 rings (SSSR count). The van der Waals surface area contributed by atoms with Gasteiger partial charge in [0.15, 0.2) is 10.9 Å². The van der Waals surface area contributed by atoms with Crippen LogP contribution in [0.15, 0.2) is 12.1 Å². The van der Waals surface area contributed by atoms with Crippen LogP contribution in [0.5, 0.6) is 0 Å². The van der Waals surface area contributed by atoms with Crippen LogP contribution in [-0.4, -0.2) is 62.1 Å².